The lowest BCUT2D eigenvalue weighted by Crippen LogP contribution is -2.13. The zero-order valence-electron chi connectivity index (χ0n) is 11.4. The number of aliphatic carboxylic acids is 1. The van der Waals surface area contributed by atoms with E-state index < -0.39 is 5.97 Å². The zero-order valence-corrected chi connectivity index (χ0v) is 11.4. The molecule has 110 valence electrons. The molecule has 1 aromatic rings. The highest BCUT2D eigenvalue weighted by atomic mass is 16.5. The number of rotatable bonds is 9. The summed E-state index contributed by atoms with van der Waals surface area (Å²) in [4.78, 5) is 21.8. The van der Waals surface area contributed by atoms with Gasteiger partial charge in [0.15, 0.2) is 0 Å². The highest BCUT2D eigenvalue weighted by Crippen LogP contribution is 2.16. The van der Waals surface area contributed by atoms with Gasteiger partial charge < -0.3 is 19.9 Å². The summed E-state index contributed by atoms with van der Waals surface area (Å²) in [6.45, 7) is 0.739. The lowest BCUT2D eigenvalue weighted by molar-refractivity contribution is -0.137. The topological polar surface area (TPSA) is 84.9 Å². The minimum Gasteiger partial charge on any atom is -0.494 e. The van der Waals surface area contributed by atoms with Crippen LogP contribution in [0.25, 0.3) is 0 Å². The van der Waals surface area contributed by atoms with Crippen LogP contribution in [-0.2, 0) is 14.3 Å². The van der Waals surface area contributed by atoms with E-state index in [-0.39, 0.29) is 12.3 Å². The molecular formula is C14H19NO5. The summed E-state index contributed by atoms with van der Waals surface area (Å²) in [5.41, 5.74) is 0.684. The van der Waals surface area contributed by atoms with Crippen LogP contribution in [0, 0.1) is 0 Å². The first kappa shape index (κ1) is 16.0. The van der Waals surface area contributed by atoms with Gasteiger partial charge in [-0.25, -0.2) is 0 Å². The first-order valence-corrected chi connectivity index (χ1v) is 6.35. The molecule has 1 amide bonds. The van der Waals surface area contributed by atoms with E-state index in [2.05, 4.69) is 5.32 Å². The molecule has 2 N–H and O–H groups in total. The normalized spacial score (nSPS) is 10.1. The molecule has 0 atom stereocenters. The zero-order chi connectivity index (χ0) is 14.8. The SMILES string of the molecule is COCCC(=O)Nc1ccc(OCCCC(=O)O)cc1. The minimum atomic E-state index is -0.831. The van der Waals surface area contributed by atoms with E-state index in [0.29, 0.717) is 37.5 Å². The largest absolute Gasteiger partial charge is 0.494 e. The minimum absolute atomic E-state index is 0.0909. The number of anilines is 1. The standard InChI is InChI=1S/C14H19NO5/c1-19-10-8-13(16)15-11-4-6-12(7-5-11)20-9-2-3-14(17)18/h4-7H,2-3,8-10H2,1H3,(H,15,16)(H,17,18). The molecule has 0 unspecified atom stereocenters. The lowest BCUT2D eigenvalue weighted by Gasteiger charge is -2.08. The van der Waals surface area contributed by atoms with Crippen molar-refractivity contribution in [3.8, 4) is 5.75 Å². The van der Waals surface area contributed by atoms with E-state index in [1.807, 2.05) is 0 Å². The van der Waals surface area contributed by atoms with Crippen molar-refractivity contribution in [2.45, 2.75) is 19.3 Å². The van der Waals surface area contributed by atoms with Crippen LogP contribution < -0.4 is 10.1 Å². The first-order valence-electron chi connectivity index (χ1n) is 6.35. The maximum Gasteiger partial charge on any atom is 0.303 e. The van der Waals surface area contributed by atoms with Crippen LogP contribution in [0.1, 0.15) is 19.3 Å². The summed E-state index contributed by atoms with van der Waals surface area (Å²) >= 11 is 0. The summed E-state index contributed by atoms with van der Waals surface area (Å²) in [5, 5.41) is 11.2. The predicted octanol–water partition coefficient (Wildman–Crippen LogP) is 1.91. The van der Waals surface area contributed by atoms with Gasteiger partial charge in [0.2, 0.25) is 5.91 Å². The number of carbonyl (C=O) groups excluding carboxylic acids is 1. The molecule has 20 heavy (non-hydrogen) atoms. The molecule has 0 heterocycles. The Morgan fingerprint density at radius 3 is 2.45 bits per heavy atom. The number of carboxylic acid groups (broad SMARTS) is 1. The third kappa shape index (κ3) is 6.75. The van der Waals surface area contributed by atoms with Crippen molar-refractivity contribution in [3.05, 3.63) is 24.3 Å². The van der Waals surface area contributed by atoms with Gasteiger partial charge >= 0.3 is 5.97 Å². The Kier molecular flexibility index (Phi) is 7.13. The second-order valence-electron chi connectivity index (χ2n) is 4.16. The fourth-order valence-corrected chi connectivity index (χ4v) is 1.47. The van der Waals surface area contributed by atoms with Gasteiger partial charge in [0.25, 0.3) is 0 Å². The van der Waals surface area contributed by atoms with Crippen LogP contribution >= 0.6 is 0 Å². The summed E-state index contributed by atoms with van der Waals surface area (Å²) in [7, 11) is 1.55. The predicted molar refractivity (Wildman–Crippen MR) is 73.9 cm³/mol. The average molecular weight is 281 g/mol. The molecule has 6 heteroatoms. The van der Waals surface area contributed by atoms with Gasteiger partial charge in [-0.3, -0.25) is 9.59 Å². The van der Waals surface area contributed by atoms with Gasteiger partial charge in [-0.05, 0) is 30.7 Å². The molecule has 0 saturated carbocycles. The number of amides is 1. The molecule has 0 saturated heterocycles. The number of ether oxygens (including phenoxy) is 2. The highest BCUT2D eigenvalue weighted by molar-refractivity contribution is 5.90. The molecular weight excluding hydrogens is 262 g/mol. The molecule has 0 aliphatic heterocycles. The van der Waals surface area contributed by atoms with Crippen molar-refractivity contribution in [2.24, 2.45) is 0 Å². The van der Waals surface area contributed by atoms with Crippen molar-refractivity contribution >= 4 is 17.6 Å². The molecule has 0 radical (unpaired) electrons. The van der Waals surface area contributed by atoms with Gasteiger partial charge in [0, 0.05) is 19.2 Å². The number of methoxy groups -OCH3 is 1. The smallest absolute Gasteiger partial charge is 0.303 e. The first-order chi connectivity index (χ1) is 9.61. The van der Waals surface area contributed by atoms with E-state index in [1.165, 1.54) is 0 Å². The molecule has 0 aliphatic carbocycles. The molecule has 0 aromatic heterocycles. The average Bonchev–Trinajstić information content (AvgIpc) is 2.43. The summed E-state index contributed by atoms with van der Waals surface area (Å²) in [5.74, 6) is -0.296. The fraction of sp³-hybridized carbons (Fsp3) is 0.429. The molecule has 1 rings (SSSR count). The second-order valence-corrected chi connectivity index (χ2v) is 4.16. The van der Waals surface area contributed by atoms with Crippen LogP contribution in [0.3, 0.4) is 0 Å². The van der Waals surface area contributed by atoms with Crippen molar-refractivity contribution in [2.75, 3.05) is 25.6 Å². The number of carboxylic acids is 1. The van der Waals surface area contributed by atoms with Gasteiger partial charge in [-0.15, -0.1) is 0 Å². The maximum atomic E-state index is 11.5. The Bertz CT molecular complexity index is 430. The Balaban J connectivity index is 2.32. The van der Waals surface area contributed by atoms with Gasteiger partial charge in [0.05, 0.1) is 19.6 Å². The van der Waals surface area contributed by atoms with Gasteiger partial charge in [0.1, 0.15) is 5.75 Å². The van der Waals surface area contributed by atoms with E-state index in [4.69, 9.17) is 14.6 Å². The Morgan fingerprint density at radius 2 is 1.85 bits per heavy atom. The molecule has 6 nitrogen and oxygen atoms in total. The number of carbonyl (C=O) groups is 2. The summed E-state index contributed by atoms with van der Waals surface area (Å²) < 4.78 is 10.2. The van der Waals surface area contributed by atoms with Crippen molar-refractivity contribution in [1.82, 2.24) is 0 Å². The maximum absolute atomic E-state index is 11.5. The number of nitrogens with one attached hydrogen (secondary N) is 1. The Hall–Kier alpha value is -2.08. The van der Waals surface area contributed by atoms with Crippen molar-refractivity contribution in [3.63, 3.8) is 0 Å². The Labute approximate surface area is 117 Å². The van der Waals surface area contributed by atoms with Crippen molar-refractivity contribution < 1.29 is 24.2 Å². The van der Waals surface area contributed by atoms with Crippen molar-refractivity contribution in [1.29, 1.82) is 0 Å². The van der Waals surface area contributed by atoms with E-state index in [1.54, 1.807) is 31.4 Å². The molecule has 1 aromatic carbocycles. The number of hydrogen-bond acceptors (Lipinski definition) is 4. The number of hydrogen-bond donors (Lipinski definition) is 2. The summed E-state index contributed by atoms with van der Waals surface area (Å²) in [6, 6.07) is 6.92. The van der Waals surface area contributed by atoms with Gasteiger partial charge in [-0.1, -0.05) is 0 Å². The molecule has 0 bridgehead atoms. The third-order valence-corrected chi connectivity index (χ3v) is 2.48. The summed E-state index contributed by atoms with van der Waals surface area (Å²) in [6.07, 6.45) is 0.864. The Morgan fingerprint density at radius 1 is 1.15 bits per heavy atom. The monoisotopic (exact) mass is 281 g/mol. The third-order valence-electron chi connectivity index (χ3n) is 2.48. The highest BCUT2D eigenvalue weighted by Gasteiger charge is 2.02. The van der Waals surface area contributed by atoms with E-state index in [9.17, 15) is 9.59 Å². The van der Waals surface area contributed by atoms with Gasteiger partial charge in [-0.2, -0.15) is 0 Å². The lowest BCUT2D eigenvalue weighted by atomic mass is 10.3. The van der Waals surface area contributed by atoms with Crippen LogP contribution in [0.4, 0.5) is 5.69 Å². The molecule has 0 fully saturated rings. The van der Waals surface area contributed by atoms with Crippen LogP contribution in [0.15, 0.2) is 24.3 Å². The van der Waals surface area contributed by atoms with Crippen LogP contribution in [-0.4, -0.2) is 37.3 Å². The van der Waals surface area contributed by atoms with E-state index in [0.717, 1.165) is 0 Å². The molecule has 0 spiro atoms. The molecule has 0 aliphatic rings. The fourth-order valence-electron chi connectivity index (χ4n) is 1.47. The quantitative estimate of drug-likeness (QED) is 0.675. The number of benzene rings is 1. The van der Waals surface area contributed by atoms with Crippen LogP contribution in [0.2, 0.25) is 0 Å². The van der Waals surface area contributed by atoms with Crippen LogP contribution in [0.5, 0.6) is 5.75 Å². The van der Waals surface area contributed by atoms with E-state index >= 15 is 0 Å². The second kappa shape index (κ2) is 8.92.